The Morgan fingerprint density at radius 2 is 1.89 bits per heavy atom. The van der Waals surface area contributed by atoms with Crippen molar-refractivity contribution in [3.8, 4) is 11.4 Å². The second-order valence-electron chi connectivity index (χ2n) is 3.82. The molecule has 0 amide bonds. The fourth-order valence-electron chi connectivity index (χ4n) is 1.78. The van der Waals surface area contributed by atoms with Gasteiger partial charge in [-0.05, 0) is 23.0 Å². The molecular formula is C13H10ClN3S. The Balaban J connectivity index is 2.02. The summed E-state index contributed by atoms with van der Waals surface area (Å²) >= 11 is 7.80. The molecule has 3 aromatic rings. The second-order valence-corrected chi connectivity index (χ2v) is 5.19. The fraction of sp³-hybridized carbons (Fsp3) is 0.0769. The van der Waals surface area contributed by atoms with Crippen molar-refractivity contribution in [2.24, 2.45) is 0 Å². The molecule has 0 aliphatic heterocycles. The van der Waals surface area contributed by atoms with Gasteiger partial charge >= 0.3 is 0 Å². The van der Waals surface area contributed by atoms with Crippen LogP contribution in [-0.4, -0.2) is 14.8 Å². The lowest BCUT2D eigenvalue weighted by Crippen LogP contribution is -2.01. The maximum atomic E-state index is 6.11. The highest BCUT2D eigenvalue weighted by Gasteiger charge is 2.12. The summed E-state index contributed by atoms with van der Waals surface area (Å²) in [5.41, 5.74) is 1.02. The fourth-order valence-corrected chi connectivity index (χ4v) is 2.65. The summed E-state index contributed by atoms with van der Waals surface area (Å²) < 4.78 is 1.92. The molecule has 2 aromatic heterocycles. The third kappa shape index (κ3) is 2.17. The first-order valence-corrected chi connectivity index (χ1v) is 6.77. The first-order chi connectivity index (χ1) is 8.84. The smallest absolute Gasteiger partial charge is 0.225 e. The van der Waals surface area contributed by atoms with E-state index in [4.69, 9.17) is 11.6 Å². The van der Waals surface area contributed by atoms with Crippen molar-refractivity contribution in [2.75, 3.05) is 0 Å². The maximum absolute atomic E-state index is 6.11. The lowest BCUT2D eigenvalue weighted by atomic mass is 10.2. The Morgan fingerprint density at radius 3 is 2.61 bits per heavy atom. The van der Waals surface area contributed by atoms with Crippen molar-refractivity contribution < 1.29 is 0 Å². The topological polar surface area (TPSA) is 30.7 Å². The van der Waals surface area contributed by atoms with Gasteiger partial charge in [-0.3, -0.25) is 4.57 Å². The van der Waals surface area contributed by atoms with Crippen LogP contribution in [0.1, 0.15) is 4.88 Å². The molecule has 5 heteroatoms. The van der Waals surface area contributed by atoms with E-state index in [1.807, 2.05) is 41.0 Å². The van der Waals surface area contributed by atoms with E-state index >= 15 is 0 Å². The van der Waals surface area contributed by atoms with Gasteiger partial charge in [0, 0.05) is 10.4 Å². The van der Waals surface area contributed by atoms with Gasteiger partial charge < -0.3 is 0 Å². The molecule has 3 rings (SSSR count). The van der Waals surface area contributed by atoms with Crippen LogP contribution in [0, 0.1) is 0 Å². The molecule has 0 saturated carbocycles. The van der Waals surface area contributed by atoms with Crippen molar-refractivity contribution in [1.82, 2.24) is 14.8 Å². The average Bonchev–Trinajstić information content (AvgIpc) is 3.03. The summed E-state index contributed by atoms with van der Waals surface area (Å²) in [5, 5.41) is 10.6. The minimum atomic E-state index is 0.419. The van der Waals surface area contributed by atoms with Gasteiger partial charge in [-0.2, -0.15) is 0 Å². The van der Waals surface area contributed by atoms with E-state index in [9.17, 15) is 0 Å². The first-order valence-electron chi connectivity index (χ1n) is 5.51. The lowest BCUT2D eigenvalue weighted by Gasteiger charge is -2.06. The van der Waals surface area contributed by atoms with Crippen LogP contribution in [0.2, 0.25) is 5.28 Å². The maximum Gasteiger partial charge on any atom is 0.225 e. The molecule has 0 N–H and O–H groups in total. The van der Waals surface area contributed by atoms with E-state index < -0.39 is 0 Å². The van der Waals surface area contributed by atoms with Gasteiger partial charge in [0.15, 0.2) is 5.82 Å². The van der Waals surface area contributed by atoms with Crippen LogP contribution in [0.15, 0.2) is 47.8 Å². The Morgan fingerprint density at radius 1 is 1.06 bits per heavy atom. The zero-order valence-corrected chi connectivity index (χ0v) is 11.0. The van der Waals surface area contributed by atoms with Gasteiger partial charge in [-0.15, -0.1) is 21.5 Å². The number of hydrogen-bond acceptors (Lipinski definition) is 3. The summed E-state index contributed by atoms with van der Waals surface area (Å²) in [6, 6.07) is 14.1. The largest absolute Gasteiger partial charge is 0.292 e. The van der Waals surface area contributed by atoms with Gasteiger partial charge in [-0.25, -0.2) is 0 Å². The van der Waals surface area contributed by atoms with E-state index in [2.05, 4.69) is 21.6 Å². The monoisotopic (exact) mass is 275 g/mol. The van der Waals surface area contributed by atoms with Crippen LogP contribution in [0.4, 0.5) is 0 Å². The molecule has 2 heterocycles. The van der Waals surface area contributed by atoms with E-state index in [-0.39, 0.29) is 0 Å². The molecule has 0 atom stereocenters. The Kier molecular flexibility index (Phi) is 3.13. The normalized spacial score (nSPS) is 10.7. The predicted molar refractivity (Wildman–Crippen MR) is 73.9 cm³/mol. The highest BCUT2D eigenvalue weighted by molar-refractivity contribution is 7.09. The highest BCUT2D eigenvalue weighted by atomic mass is 35.5. The minimum absolute atomic E-state index is 0.419. The van der Waals surface area contributed by atoms with Crippen molar-refractivity contribution in [2.45, 2.75) is 6.54 Å². The lowest BCUT2D eigenvalue weighted by molar-refractivity contribution is 0.817. The number of thiophene rings is 1. The van der Waals surface area contributed by atoms with Crippen LogP contribution in [0.3, 0.4) is 0 Å². The number of rotatable bonds is 3. The van der Waals surface area contributed by atoms with Gasteiger partial charge in [-0.1, -0.05) is 36.4 Å². The van der Waals surface area contributed by atoms with E-state index in [0.29, 0.717) is 11.8 Å². The predicted octanol–water partition coefficient (Wildman–Crippen LogP) is 3.71. The van der Waals surface area contributed by atoms with Gasteiger partial charge in [0.1, 0.15) is 0 Å². The minimum Gasteiger partial charge on any atom is -0.292 e. The second kappa shape index (κ2) is 4.92. The summed E-state index contributed by atoms with van der Waals surface area (Å²) in [6.45, 7) is 0.702. The molecule has 0 fully saturated rings. The quantitative estimate of drug-likeness (QED) is 0.730. The zero-order chi connectivity index (χ0) is 12.4. The van der Waals surface area contributed by atoms with Crippen LogP contribution in [-0.2, 0) is 6.54 Å². The Bertz CT molecular complexity index is 632. The van der Waals surface area contributed by atoms with Gasteiger partial charge in [0.25, 0.3) is 0 Å². The summed E-state index contributed by atoms with van der Waals surface area (Å²) in [4.78, 5) is 1.23. The molecule has 0 aliphatic rings. The number of hydrogen-bond donors (Lipinski definition) is 0. The molecule has 0 radical (unpaired) electrons. The van der Waals surface area contributed by atoms with Crippen molar-refractivity contribution in [3.63, 3.8) is 0 Å². The van der Waals surface area contributed by atoms with E-state index in [1.54, 1.807) is 11.3 Å². The average molecular weight is 276 g/mol. The van der Waals surface area contributed by atoms with E-state index in [0.717, 1.165) is 11.4 Å². The molecule has 90 valence electrons. The Hall–Kier alpha value is -1.65. The zero-order valence-electron chi connectivity index (χ0n) is 9.45. The van der Waals surface area contributed by atoms with Crippen LogP contribution < -0.4 is 0 Å². The van der Waals surface area contributed by atoms with E-state index in [1.165, 1.54) is 4.88 Å². The number of benzene rings is 1. The van der Waals surface area contributed by atoms with Gasteiger partial charge in [0.2, 0.25) is 5.28 Å². The summed E-state index contributed by atoms with van der Waals surface area (Å²) in [6.07, 6.45) is 0. The number of halogens is 1. The molecule has 0 aliphatic carbocycles. The molecule has 0 saturated heterocycles. The molecule has 1 aromatic carbocycles. The number of nitrogens with zero attached hydrogens (tertiary/aromatic N) is 3. The molecule has 3 nitrogen and oxygen atoms in total. The van der Waals surface area contributed by atoms with Crippen LogP contribution in [0.25, 0.3) is 11.4 Å². The SMILES string of the molecule is Clc1nnc(-c2ccccc2)n1Cc1cccs1. The molecular weight excluding hydrogens is 266 g/mol. The molecule has 0 unspecified atom stereocenters. The standard InChI is InChI=1S/C13H10ClN3S/c14-13-16-15-12(10-5-2-1-3-6-10)17(13)9-11-7-4-8-18-11/h1-8H,9H2. The third-order valence-electron chi connectivity index (χ3n) is 2.63. The van der Waals surface area contributed by atoms with Crippen LogP contribution in [0.5, 0.6) is 0 Å². The molecule has 18 heavy (non-hydrogen) atoms. The van der Waals surface area contributed by atoms with Crippen molar-refractivity contribution in [1.29, 1.82) is 0 Å². The van der Waals surface area contributed by atoms with Crippen molar-refractivity contribution >= 4 is 22.9 Å². The van der Waals surface area contributed by atoms with Crippen molar-refractivity contribution in [3.05, 3.63) is 58.0 Å². The summed E-state index contributed by atoms with van der Waals surface area (Å²) in [7, 11) is 0. The summed E-state index contributed by atoms with van der Waals surface area (Å²) in [5.74, 6) is 0.800. The third-order valence-corrected chi connectivity index (χ3v) is 3.77. The highest BCUT2D eigenvalue weighted by Crippen LogP contribution is 2.22. The molecule has 0 spiro atoms. The first kappa shape index (κ1) is 11.4. The Labute approximate surface area is 114 Å². The van der Waals surface area contributed by atoms with Crippen LogP contribution >= 0.6 is 22.9 Å². The van der Waals surface area contributed by atoms with Gasteiger partial charge in [0.05, 0.1) is 6.54 Å². The molecule has 0 bridgehead atoms. The number of aromatic nitrogens is 3.